The third-order valence-corrected chi connectivity index (χ3v) is 10.9. The molecule has 216 valence electrons. The van der Waals surface area contributed by atoms with Crippen LogP contribution < -0.4 is 0 Å². The minimum absolute atomic E-state index is 0.148. The van der Waals surface area contributed by atoms with Crippen molar-refractivity contribution in [2.24, 2.45) is 0 Å². The average Bonchev–Trinajstić information content (AvgIpc) is 3.54. The highest BCUT2D eigenvalue weighted by atomic mass is 32.2. The molecule has 0 aliphatic rings. The average molecular weight is 599 g/mol. The molecule has 0 amide bonds. The van der Waals surface area contributed by atoms with Crippen molar-refractivity contribution in [2.45, 2.75) is 57.6 Å². The van der Waals surface area contributed by atoms with E-state index in [1.54, 1.807) is 48.5 Å². The molecule has 10 heteroatoms. The SMILES string of the molecule is Cc1ccc(S(=O)(=O)n2ccc3c(Cc4nc5cc(C#N)ccc5n4COCC[Si](C)(C)C)c(C)cc(C=O)c32)cc1. The third-order valence-electron chi connectivity index (χ3n) is 7.51. The van der Waals surface area contributed by atoms with Gasteiger partial charge in [0, 0.05) is 38.2 Å². The van der Waals surface area contributed by atoms with Crippen LogP contribution in [0.1, 0.15) is 38.4 Å². The molecule has 5 aromatic rings. The highest BCUT2D eigenvalue weighted by molar-refractivity contribution is 7.90. The molecule has 42 heavy (non-hydrogen) atoms. The molecule has 8 nitrogen and oxygen atoms in total. The van der Waals surface area contributed by atoms with Gasteiger partial charge in [0.25, 0.3) is 10.0 Å². The van der Waals surface area contributed by atoms with Gasteiger partial charge in [0.05, 0.1) is 33.1 Å². The van der Waals surface area contributed by atoms with Crippen LogP contribution in [0.15, 0.2) is 65.7 Å². The number of nitriles is 1. The number of aldehydes is 1. The molecule has 0 bridgehead atoms. The van der Waals surface area contributed by atoms with Crippen LogP contribution in [-0.4, -0.2) is 42.9 Å². The predicted molar refractivity (Wildman–Crippen MR) is 167 cm³/mol. The molecule has 0 aliphatic carbocycles. The second kappa shape index (κ2) is 11.3. The van der Waals surface area contributed by atoms with E-state index < -0.39 is 18.1 Å². The van der Waals surface area contributed by atoms with Gasteiger partial charge < -0.3 is 9.30 Å². The normalized spacial score (nSPS) is 12.2. The minimum atomic E-state index is -3.95. The molecule has 0 atom stereocenters. The molecule has 0 saturated carbocycles. The molecule has 0 fully saturated rings. The number of hydrogen-bond donors (Lipinski definition) is 0. The van der Waals surface area contributed by atoms with Gasteiger partial charge in [-0.15, -0.1) is 0 Å². The molecular weight excluding hydrogens is 565 g/mol. The van der Waals surface area contributed by atoms with E-state index in [1.807, 2.05) is 24.5 Å². The van der Waals surface area contributed by atoms with Gasteiger partial charge in [-0.2, -0.15) is 5.26 Å². The predicted octanol–water partition coefficient (Wildman–Crippen LogP) is 6.43. The number of imidazole rings is 1. The maximum atomic E-state index is 13.7. The van der Waals surface area contributed by atoms with Crippen molar-refractivity contribution in [1.82, 2.24) is 13.5 Å². The van der Waals surface area contributed by atoms with E-state index in [2.05, 4.69) is 25.7 Å². The fourth-order valence-corrected chi connectivity index (χ4v) is 7.24. The molecule has 0 saturated heterocycles. The van der Waals surface area contributed by atoms with Gasteiger partial charge in [-0.1, -0.05) is 37.3 Å². The highest BCUT2D eigenvalue weighted by Gasteiger charge is 2.24. The highest BCUT2D eigenvalue weighted by Crippen LogP contribution is 2.32. The summed E-state index contributed by atoms with van der Waals surface area (Å²) in [5.41, 5.74) is 5.38. The van der Waals surface area contributed by atoms with Crippen molar-refractivity contribution in [3.05, 3.63) is 94.4 Å². The van der Waals surface area contributed by atoms with Crippen LogP contribution in [-0.2, 0) is 27.9 Å². The number of carbonyl (C=O) groups excluding carboxylic acids is 1. The van der Waals surface area contributed by atoms with Crippen molar-refractivity contribution < 1.29 is 17.9 Å². The number of carbonyl (C=O) groups is 1. The zero-order valence-corrected chi connectivity index (χ0v) is 26.3. The second-order valence-corrected chi connectivity index (χ2v) is 19.3. The third kappa shape index (κ3) is 5.68. The second-order valence-electron chi connectivity index (χ2n) is 11.9. The van der Waals surface area contributed by atoms with E-state index in [-0.39, 0.29) is 4.90 Å². The molecule has 0 N–H and O–H groups in total. The van der Waals surface area contributed by atoms with Crippen LogP contribution >= 0.6 is 0 Å². The zero-order valence-electron chi connectivity index (χ0n) is 24.5. The fraction of sp³-hybridized carbons (Fsp3) is 0.281. The van der Waals surface area contributed by atoms with E-state index in [0.717, 1.165) is 34.1 Å². The van der Waals surface area contributed by atoms with Gasteiger partial charge in [0.15, 0.2) is 6.29 Å². The van der Waals surface area contributed by atoms with Crippen molar-refractivity contribution in [3.8, 4) is 6.07 Å². The summed E-state index contributed by atoms with van der Waals surface area (Å²) in [5, 5.41) is 10.1. The first-order valence-electron chi connectivity index (χ1n) is 13.8. The minimum Gasteiger partial charge on any atom is -0.361 e. The smallest absolute Gasteiger partial charge is 0.268 e. The summed E-state index contributed by atoms with van der Waals surface area (Å²) in [5.74, 6) is 0.727. The number of hydrogen-bond acceptors (Lipinski definition) is 6. The number of ether oxygens (including phenoxy) is 1. The van der Waals surface area contributed by atoms with E-state index >= 15 is 0 Å². The summed E-state index contributed by atoms with van der Waals surface area (Å²) in [7, 11) is -5.22. The number of aryl methyl sites for hydroxylation is 2. The van der Waals surface area contributed by atoms with E-state index in [0.29, 0.717) is 53.6 Å². The zero-order chi connectivity index (χ0) is 30.2. The first-order chi connectivity index (χ1) is 19.9. The lowest BCUT2D eigenvalue weighted by Crippen LogP contribution is -2.22. The van der Waals surface area contributed by atoms with Crippen molar-refractivity contribution in [1.29, 1.82) is 5.26 Å². The number of fused-ring (bicyclic) bond motifs is 2. The topological polar surface area (TPSA) is 107 Å². The molecular formula is C32H34N4O4SSi. The Morgan fingerprint density at radius 3 is 2.45 bits per heavy atom. The Morgan fingerprint density at radius 1 is 1.05 bits per heavy atom. The molecule has 0 aliphatic heterocycles. The monoisotopic (exact) mass is 598 g/mol. The quantitative estimate of drug-likeness (QED) is 0.104. The number of aromatic nitrogens is 3. The summed E-state index contributed by atoms with van der Waals surface area (Å²) >= 11 is 0. The Morgan fingerprint density at radius 2 is 1.79 bits per heavy atom. The number of benzene rings is 3. The molecule has 2 heterocycles. The standard InChI is InChI=1S/C32H34N4O4SSi/c1-22-6-9-26(10-7-22)41(38,39)36-13-12-27-28(23(2)16-25(20-37)32(27)36)18-31-34-29-17-24(19-33)8-11-30(29)35(31)21-40-14-15-42(3,4)5/h6-13,16-17,20H,14-15,18,21H2,1-5H3. The number of nitrogens with zero attached hydrogens (tertiary/aromatic N) is 4. The fourth-order valence-electron chi connectivity index (χ4n) is 5.11. The summed E-state index contributed by atoms with van der Waals surface area (Å²) < 4.78 is 36.7. The van der Waals surface area contributed by atoms with E-state index in [1.165, 1.54) is 10.2 Å². The van der Waals surface area contributed by atoms with Gasteiger partial charge in [-0.25, -0.2) is 17.4 Å². The molecule has 0 unspecified atom stereocenters. The van der Waals surface area contributed by atoms with Gasteiger partial charge in [-0.05, 0) is 73.5 Å². The Hall–Kier alpha value is -4.04. The summed E-state index contributed by atoms with van der Waals surface area (Å²) in [6, 6.07) is 18.8. The van der Waals surface area contributed by atoms with Crippen LogP contribution in [0.2, 0.25) is 25.7 Å². The van der Waals surface area contributed by atoms with Crippen LogP contribution in [0, 0.1) is 25.2 Å². The van der Waals surface area contributed by atoms with E-state index in [9.17, 15) is 18.5 Å². The Balaban J connectivity index is 1.62. The van der Waals surface area contributed by atoms with Gasteiger partial charge in [-0.3, -0.25) is 4.79 Å². The molecule has 0 radical (unpaired) electrons. The van der Waals surface area contributed by atoms with Crippen LogP contribution in [0.5, 0.6) is 0 Å². The molecule has 3 aromatic carbocycles. The van der Waals surface area contributed by atoms with E-state index in [4.69, 9.17) is 9.72 Å². The van der Waals surface area contributed by atoms with Gasteiger partial charge >= 0.3 is 0 Å². The van der Waals surface area contributed by atoms with Crippen LogP contribution in [0.4, 0.5) is 0 Å². The lowest BCUT2D eigenvalue weighted by Gasteiger charge is -2.17. The van der Waals surface area contributed by atoms with Crippen molar-refractivity contribution in [2.75, 3.05) is 6.61 Å². The first kappa shape index (κ1) is 29.4. The summed E-state index contributed by atoms with van der Waals surface area (Å²) in [4.78, 5) is 17.2. The maximum Gasteiger partial charge on any atom is 0.268 e. The Bertz CT molecular complexity index is 1960. The summed E-state index contributed by atoms with van der Waals surface area (Å²) in [6.07, 6.45) is 2.59. The first-order valence-corrected chi connectivity index (χ1v) is 19.0. The van der Waals surface area contributed by atoms with Crippen molar-refractivity contribution >= 4 is 46.3 Å². The maximum absolute atomic E-state index is 13.7. The van der Waals surface area contributed by atoms with Crippen molar-refractivity contribution in [3.63, 3.8) is 0 Å². The van der Waals surface area contributed by atoms with Gasteiger partial charge in [0.1, 0.15) is 12.6 Å². The Labute approximate surface area is 247 Å². The van der Waals surface area contributed by atoms with Crippen LogP contribution in [0.3, 0.4) is 0 Å². The number of rotatable bonds is 10. The summed E-state index contributed by atoms with van der Waals surface area (Å²) in [6.45, 7) is 11.7. The largest absolute Gasteiger partial charge is 0.361 e. The van der Waals surface area contributed by atoms with Crippen LogP contribution in [0.25, 0.3) is 21.9 Å². The lowest BCUT2D eigenvalue weighted by atomic mass is 9.97. The molecule has 0 spiro atoms. The lowest BCUT2D eigenvalue weighted by molar-refractivity contribution is 0.0881. The molecule has 5 rings (SSSR count). The van der Waals surface area contributed by atoms with Gasteiger partial charge in [0.2, 0.25) is 0 Å². The molecule has 2 aromatic heterocycles. The Kier molecular flexibility index (Phi) is 7.94.